The molecule has 2 aromatic carbocycles. The van der Waals surface area contributed by atoms with E-state index in [4.69, 9.17) is 0 Å². The first kappa shape index (κ1) is 17.9. The van der Waals surface area contributed by atoms with Gasteiger partial charge in [-0.05, 0) is 61.8 Å². The van der Waals surface area contributed by atoms with E-state index in [9.17, 15) is 14.0 Å². The lowest BCUT2D eigenvalue weighted by Crippen LogP contribution is -2.41. The molecule has 27 heavy (non-hydrogen) atoms. The molecule has 1 saturated heterocycles. The third-order valence-electron chi connectivity index (χ3n) is 5.65. The number of ketones is 1. The van der Waals surface area contributed by atoms with E-state index in [0.717, 1.165) is 43.7 Å². The Balaban J connectivity index is 1.29. The molecular formula is C22H23FN2O2. The Labute approximate surface area is 158 Å². The molecule has 0 aliphatic carbocycles. The average molecular weight is 366 g/mol. The van der Waals surface area contributed by atoms with Crippen molar-refractivity contribution >= 4 is 17.4 Å². The number of rotatable bonds is 5. The van der Waals surface area contributed by atoms with Gasteiger partial charge in [-0.3, -0.25) is 9.59 Å². The summed E-state index contributed by atoms with van der Waals surface area (Å²) in [5.74, 6) is -0.0452. The fourth-order valence-electron chi connectivity index (χ4n) is 4.07. The number of hydrogen-bond acceptors (Lipinski definition) is 3. The lowest BCUT2D eigenvalue weighted by Gasteiger charge is -2.32. The number of benzene rings is 2. The van der Waals surface area contributed by atoms with Crippen LogP contribution in [-0.4, -0.2) is 42.8 Å². The Hall–Kier alpha value is -2.53. The van der Waals surface area contributed by atoms with Crippen molar-refractivity contribution < 1.29 is 14.0 Å². The van der Waals surface area contributed by atoms with Crippen LogP contribution in [-0.2, 0) is 11.2 Å². The summed E-state index contributed by atoms with van der Waals surface area (Å²) in [5, 5.41) is 0. The van der Waals surface area contributed by atoms with E-state index >= 15 is 0 Å². The van der Waals surface area contributed by atoms with Crippen LogP contribution in [0.1, 0.15) is 28.8 Å². The molecule has 140 valence electrons. The lowest BCUT2D eigenvalue weighted by molar-refractivity contribution is -0.117. The van der Waals surface area contributed by atoms with Crippen molar-refractivity contribution in [2.75, 3.05) is 31.1 Å². The highest BCUT2D eigenvalue weighted by Gasteiger charge is 2.29. The van der Waals surface area contributed by atoms with Gasteiger partial charge in [0, 0.05) is 30.3 Å². The molecule has 4 rings (SSSR count). The van der Waals surface area contributed by atoms with Crippen LogP contribution in [0.4, 0.5) is 10.1 Å². The second kappa shape index (κ2) is 7.61. The molecule has 2 aliphatic heterocycles. The number of piperidine rings is 1. The fraction of sp³-hybridized carbons (Fsp3) is 0.364. The Bertz CT molecular complexity index is 842. The summed E-state index contributed by atoms with van der Waals surface area (Å²) in [6, 6.07) is 13.8. The molecule has 0 unspecified atom stereocenters. The molecule has 4 nitrogen and oxygen atoms in total. The SMILES string of the molecule is O=C(c1ccc(F)cc1)C1CCN(CCN2C(=O)Cc3ccccc32)CC1. The highest BCUT2D eigenvalue weighted by atomic mass is 19.1. The molecule has 2 aromatic rings. The summed E-state index contributed by atoms with van der Waals surface area (Å²) >= 11 is 0. The van der Waals surface area contributed by atoms with E-state index < -0.39 is 0 Å². The van der Waals surface area contributed by atoms with Crippen LogP contribution in [0, 0.1) is 11.7 Å². The van der Waals surface area contributed by atoms with Gasteiger partial charge in [-0.25, -0.2) is 4.39 Å². The minimum atomic E-state index is -0.320. The minimum Gasteiger partial charge on any atom is -0.311 e. The topological polar surface area (TPSA) is 40.6 Å². The van der Waals surface area contributed by atoms with E-state index in [0.29, 0.717) is 18.5 Å². The first-order valence-corrected chi connectivity index (χ1v) is 9.52. The number of para-hydroxylation sites is 1. The molecule has 1 fully saturated rings. The maximum Gasteiger partial charge on any atom is 0.231 e. The lowest BCUT2D eigenvalue weighted by atomic mass is 9.89. The molecule has 0 saturated carbocycles. The van der Waals surface area contributed by atoms with Gasteiger partial charge in [-0.1, -0.05) is 18.2 Å². The third-order valence-corrected chi connectivity index (χ3v) is 5.65. The van der Waals surface area contributed by atoms with Crippen LogP contribution in [0.3, 0.4) is 0 Å². The highest BCUT2D eigenvalue weighted by molar-refractivity contribution is 6.01. The normalized spacial score (nSPS) is 18.0. The third kappa shape index (κ3) is 3.78. The van der Waals surface area contributed by atoms with Crippen molar-refractivity contribution in [3.05, 3.63) is 65.5 Å². The van der Waals surface area contributed by atoms with Crippen LogP contribution in [0.5, 0.6) is 0 Å². The van der Waals surface area contributed by atoms with E-state index in [-0.39, 0.29) is 23.4 Å². The van der Waals surface area contributed by atoms with Crippen molar-refractivity contribution in [3.63, 3.8) is 0 Å². The predicted molar refractivity (Wildman–Crippen MR) is 102 cm³/mol. The number of carbonyl (C=O) groups is 2. The minimum absolute atomic E-state index is 0.000792. The van der Waals surface area contributed by atoms with Gasteiger partial charge < -0.3 is 9.80 Å². The summed E-state index contributed by atoms with van der Waals surface area (Å²) in [7, 11) is 0. The summed E-state index contributed by atoms with van der Waals surface area (Å²) in [5.41, 5.74) is 2.73. The zero-order valence-corrected chi connectivity index (χ0v) is 15.2. The van der Waals surface area contributed by atoms with Gasteiger partial charge in [0.1, 0.15) is 5.82 Å². The number of carbonyl (C=O) groups excluding carboxylic acids is 2. The standard InChI is InChI=1S/C22H23FN2O2/c23-19-7-5-16(6-8-19)22(27)17-9-11-24(12-10-17)13-14-25-20-4-2-1-3-18(20)15-21(25)26/h1-8,17H,9-15H2. The second-order valence-corrected chi connectivity index (χ2v) is 7.34. The number of anilines is 1. The molecular weight excluding hydrogens is 343 g/mol. The summed E-state index contributed by atoms with van der Waals surface area (Å²) in [6.07, 6.45) is 2.10. The number of Topliss-reactive ketones (excluding diaryl/α,β-unsaturated/α-hetero) is 1. The Kier molecular flexibility index (Phi) is 5.03. The number of likely N-dealkylation sites (tertiary alicyclic amines) is 1. The Morgan fingerprint density at radius 3 is 2.44 bits per heavy atom. The predicted octanol–water partition coefficient (Wildman–Crippen LogP) is 3.31. The number of nitrogens with zero attached hydrogens (tertiary/aromatic N) is 2. The fourth-order valence-corrected chi connectivity index (χ4v) is 4.07. The molecule has 0 N–H and O–H groups in total. The molecule has 2 aliphatic rings. The molecule has 5 heteroatoms. The molecule has 2 heterocycles. The maximum absolute atomic E-state index is 13.0. The summed E-state index contributed by atoms with van der Waals surface area (Å²) < 4.78 is 13.0. The van der Waals surface area contributed by atoms with Crippen molar-refractivity contribution in [2.45, 2.75) is 19.3 Å². The van der Waals surface area contributed by atoms with Crippen molar-refractivity contribution in [1.82, 2.24) is 4.90 Å². The zero-order valence-electron chi connectivity index (χ0n) is 15.2. The summed E-state index contributed by atoms with van der Waals surface area (Å²) in [6.45, 7) is 3.20. The number of hydrogen-bond donors (Lipinski definition) is 0. The largest absolute Gasteiger partial charge is 0.311 e. The monoisotopic (exact) mass is 366 g/mol. The molecule has 0 aromatic heterocycles. The first-order valence-electron chi connectivity index (χ1n) is 9.52. The van der Waals surface area contributed by atoms with Crippen molar-refractivity contribution in [3.8, 4) is 0 Å². The van der Waals surface area contributed by atoms with Gasteiger partial charge in [0.25, 0.3) is 0 Å². The van der Waals surface area contributed by atoms with Gasteiger partial charge in [0.05, 0.1) is 6.42 Å². The zero-order chi connectivity index (χ0) is 18.8. The second-order valence-electron chi connectivity index (χ2n) is 7.34. The van der Waals surface area contributed by atoms with Gasteiger partial charge in [0.15, 0.2) is 5.78 Å². The number of amides is 1. The van der Waals surface area contributed by atoms with Gasteiger partial charge in [0.2, 0.25) is 5.91 Å². The van der Waals surface area contributed by atoms with Crippen LogP contribution in [0.25, 0.3) is 0 Å². The molecule has 0 radical (unpaired) electrons. The van der Waals surface area contributed by atoms with E-state index in [1.54, 1.807) is 12.1 Å². The van der Waals surface area contributed by atoms with Gasteiger partial charge in [-0.15, -0.1) is 0 Å². The van der Waals surface area contributed by atoms with Crippen LogP contribution in [0.2, 0.25) is 0 Å². The molecule has 1 amide bonds. The first-order chi connectivity index (χ1) is 13.1. The van der Waals surface area contributed by atoms with E-state index in [1.807, 2.05) is 29.2 Å². The van der Waals surface area contributed by atoms with E-state index in [1.165, 1.54) is 12.1 Å². The maximum atomic E-state index is 13.0. The smallest absolute Gasteiger partial charge is 0.231 e. The highest BCUT2D eigenvalue weighted by Crippen LogP contribution is 2.28. The Morgan fingerprint density at radius 1 is 1.00 bits per heavy atom. The molecule has 0 spiro atoms. The van der Waals surface area contributed by atoms with Gasteiger partial charge >= 0.3 is 0 Å². The Morgan fingerprint density at radius 2 is 1.70 bits per heavy atom. The van der Waals surface area contributed by atoms with Gasteiger partial charge in [-0.2, -0.15) is 0 Å². The van der Waals surface area contributed by atoms with Crippen LogP contribution < -0.4 is 4.90 Å². The number of fused-ring (bicyclic) bond motifs is 1. The van der Waals surface area contributed by atoms with Crippen LogP contribution in [0.15, 0.2) is 48.5 Å². The quantitative estimate of drug-likeness (QED) is 0.763. The van der Waals surface area contributed by atoms with Crippen molar-refractivity contribution in [2.24, 2.45) is 5.92 Å². The van der Waals surface area contributed by atoms with Crippen LogP contribution >= 0.6 is 0 Å². The van der Waals surface area contributed by atoms with E-state index in [2.05, 4.69) is 4.90 Å². The molecule has 0 atom stereocenters. The summed E-state index contributed by atoms with van der Waals surface area (Å²) in [4.78, 5) is 29.0. The number of halogens is 1. The van der Waals surface area contributed by atoms with Crippen molar-refractivity contribution in [1.29, 1.82) is 0 Å². The average Bonchev–Trinajstić information content (AvgIpc) is 3.02. The molecule has 0 bridgehead atoms.